The Balaban J connectivity index is 1.07. The van der Waals surface area contributed by atoms with Crippen LogP contribution in [0.3, 0.4) is 0 Å². The number of hydrogen-bond donors (Lipinski definition) is 0. The molecule has 296 valence electrons. The fourth-order valence-electron chi connectivity index (χ4n) is 10.5. The van der Waals surface area contributed by atoms with Crippen LogP contribution >= 0.6 is 0 Å². The van der Waals surface area contributed by atoms with Gasteiger partial charge in [-0.1, -0.05) is 231 Å². The molecule has 0 amide bonds. The second-order valence-corrected chi connectivity index (χ2v) is 16.7. The normalized spacial score (nSPS) is 14.7. The Kier molecular flexibility index (Phi) is 8.86. The van der Waals surface area contributed by atoms with Gasteiger partial charge in [0.05, 0.1) is 5.41 Å². The quantitative estimate of drug-likeness (QED) is 0.140. The summed E-state index contributed by atoms with van der Waals surface area (Å²) in [5.41, 5.74) is 19.7. The van der Waals surface area contributed by atoms with Gasteiger partial charge >= 0.3 is 0 Å². The van der Waals surface area contributed by atoms with Gasteiger partial charge in [-0.2, -0.15) is 0 Å². The van der Waals surface area contributed by atoms with Gasteiger partial charge in [-0.3, -0.25) is 0 Å². The van der Waals surface area contributed by atoms with Crippen LogP contribution in [0.5, 0.6) is 0 Å². The van der Waals surface area contributed by atoms with Crippen molar-refractivity contribution in [3.05, 3.63) is 288 Å². The van der Waals surface area contributed by atoms with E-state index in [0.717, 1.165) is 27.5 Å². The minimum absolute atomic E-state index is 0.111. The highest BCUT2D eigenvalue weighted by Crippen LogP contribution is 2.57. The van der Waals surface area contributed by atoms with E-state index in [-0.39, 0.29) is 5.92 Å². The molecule has 0 saturated carbocycles. The molecule has 1 heteroatoms. The summed E-state index contributed by atoms with van der Waals surface area (Å²) in [6.45, 7) is 0. The SMILES string of the molecule is c1ccc(-c2ccc(C(c3ccccc3-c3ccc4c(c3)-c3ccccc3C4(c3ccccc3)c3cccc(-c4ccccc4)c3)c3cccc4c3oc3ccccc34)cc2)cc1. The monoisotopic (exact) mass is 802 g/mol. The maximum absolute atomic E-state index is 6.79. The molecule has 1 nitrogen and oxygen atoms in total. The van der Waals surface area contributed by atoms with Crippen molar-refractivity contribution in [2.75, 3.05) is 0 Å². The van der Waals surface area contributed by atoms with E-state index in [1.54, 1.807) is 0 Å². The minimum atomic E-state index is -0.518. The van der Waals surface area contributed by atoms with E-state index in [2.05, 4.69) is 249 Å². The molecule has 2 atom stereocenters. The van der Waals surface area contributed by atoms with Crippen LogP contribution < -0.4 is 0 Å². The third kappa shape index (κ3) is 6.00. The lowest BCUT2D eigenvalue weighted by Crippen LogP contribution is -2.28. The highest BCUT2D eigenvalue weighted by atomic mass is 16.3. The van der Waals surface area contributed by atoms with Gasteiger partial charge in [-0.05, 0) is 96.1 Å². The third-order valence-corrected chi connectivity index (χ3v) is 13.3. The lowest BCUT2D eigenvalue weighted by molar-refractivity contribution is 0.661. The van der Waals surface area contributed by atoms with Gasteiger partial charge in [0.2, 0.25) is 0 Å². The van der Waals surface area contributed by atoms with Crippen LogP contribution in [0.15, 0.2) is 253 Å². The summed E-state index contributed by atoms with van der Waals surface area (Å²) >= 11 is 0. The molecular formula is C62H42O. The standard InChI is InChI=1S/C62H42O/c1-4-18-42(19-5-1)44-34-36-45(37-35-44)60(55-31-17-30-54-52-28-13-15-33-59(52)63-61(54)55)53-29-11-10-26-50(53)47-38-39-58-56(41-47)51-27-12-14-32-57(51)62(58,48-23-8-3-9-24-48)49-25-16-22-46(40-49)43-20-6-2-7-21-43/h1-41,60H. The van der Waals surface area contributed by atoms with E-state index in [1.807, 2.05) is 0 Å². The van der Waals surface area contributed by atoms with E-state index in [1.165, 1.54) is 77.9 Å². The maximum Gasteiger partial charge on any atom is 0.139 e. The van der Waals surface area contributed by atoms with Crippen LogP contribution in [0.1, 0.15) is 44.9 Å². The predicted molar refractivity (Wildman–Crippen MR) is 261 cm³/mol. The Morgan fingerprint density at radius 3 is 1.65 bits per heavy atom. The zero-order valence-electron chi connectivity index (χ0n) is 34.7. The number of para-hydroxylation sites is 2. The van der Waals surface area contributed by atoms with Gasteiger partial charge in [0, 0.05) is 22.3 Å². The van der Waals surface area contributed by atoms with Gasteiger partial charge in [-0.15, -0.1) is 0 Å². The van der Waals surface area contributed by atoms with E-state index in [4.69, 9.17) is 4.42 Å². The van der Waals surface area contributed by atoms with Gasteiger partial charge in [0.1, 0.15) is 11.2 Å². The molecule has 10 aromatic carbocycles. The molecule has 0 aliphatic heterocycles. The molecule has 0 saturated heterocycles. The fourth-order valence-corrected chi connectivity index (χ4v) is 10.5. The average molecular weight is 803 g/mol. The maximum atomic E-state index is 6.79. The molecular weight excluding hydrogens is 761 g/mol. The van der Waals surface area contributed by atoms with Gasteiger partial charge in [0.25, 0.3) is 0 Å². The first-order valence-corrected chi connectivity index (χ1v) is 21.9. The summed E-state index contributed by atoms with van der Waals surface area (Å²) in [6.07, 6.45) is 0. The van der Waals surface area contributed by atoms with Crippen LogP contribution in [0.4, 0.5) is 0 Å². The molecule has 1 aliphatic rings. The van der Waals surface area contributed by atoms with Crippen molar-refractivity contribution in [1.82, 2.24) is 0 Å². The van der Waals surface area contributed by atoms with Crippen LogP contribution in [0, 0.1) is 0 Å². The molecule has 1 heterocycles. The molecule has 0 bridgehead atoms. The number of hydrogen-bond acceptors (Lipinski definition) is 1. The first-order valence-electron chi connectivity index (χ1n) is 21.9. The van der Waals surface area contributed by atoms with Crippen molar-refractivity contribution in [3.63, 3.8) is 0 Å². The first-order chi connectivity index (χ1) is 31.3. The Morgan fingerprint density at radius 2 is 0.857 bits per heavy atom. The van der Waals surface area contributed by atoms with Crippen LogP contribution in [0.2, 0.25) is 0 Å². The summed E-state index contributed by atoms with van der Waals surface area (Å²) in [4.78, 5) is 0. The number of furan rings is 1. The van der Waals surface area contributed by atoms with Crippen molar-refractivity contribution in [1.29, 1.82) is 0 Å². The van der Waals surface area contributed by atoms with E-state index >= 15 is 0 Å². The number of benzene rings is 10. The van der Waals surface area contributed by atoms with Gasteiger partial charge in [0.15, 0.2) is 0 Å². The zero-order valence-corrected chi connectivity index (χ0v) is 34.7. The van der Waals surface area contributed by atoms with E-state index in [9.17, 15) is 0 Å². The Morgan fingerprint density at radius 1 is 0.317 bits per heavy atom. The molecule has 1 aromatic heterocycles. The molecule has 2 unspecified atom stereocenters. The number of fused-ring (bicyclic) bond motifs is 6. The molecule has 63 heavy (non-hydrogen) atoms. The van der Waals surface area contributed by atoms with Crippen molar-refractivity contribution in [3.8, 4) is 44.5 Å². The van der Waals surface area contributed by atoms with Crippen molar-refractivity contribution >= 4 is 21.9 Å². The average Bonchev–Trinajstić information content (AvgIpc) is 3.90. The highest BCUT2D eigenvalue weighted by molar-refractivity contribution is 6.06. The summed E-state index contributed by atoms with van der Waals surface area (Å²) in [6, 6.07) is 91.1. The van der Waals surface area contributed by atoms with Crippen molar-refractivity contribution < 1.29 is 4.42 Å². The van der Waals surface area contributed by atoms with E-state index in [0.29, 0.717) is 0 Å². The van der Waals surface area contributed by atoms with E-state index < -0.39 is 5.41 Å². The second kappa shape index (κ2) is 15.2. The van der Waals surface area contributed by atoms with Crippen LogP contribution in [0.25, 0.3) is 66.4 Å². The lowest BCUT2D eigenvalue weighted by Gasteiger charge is -2.34. The zero-order chi connectivity index (χ0) is 41.7. The molecule has 0 fully saturated rings. The smallest absolute Gasteiger partial charge is 0.139 e. The topological polar surface area (TPSA) is 13.1 Å². The predicted octanol–water partition coefficient (Wildman–Crippen LogP) is 16.1. The summed E-state index contributed by atoms with van der Waals surface area (Å²) in [7, 11) is 0. The van der Waals surface area contributed by atoms with Gasteiger partial charge in [-0.25, -0.2) is 0 Å². The molecule has 12 rings (SSSR count). The third-order valence-electron chi connectivity index (χ3n) is 13.3. The van der Waals surface area contributed by atoms with Crippen molar-refractivity contribution in [2.24, 2.45) is 0 Å². The second-order valence-electron chi connectivity index (χ2n) is 16.7. The van der Waals surface area contributed by atoms with Crippen LogP contribution in [-0.4, -0.2) is 0 Å². The lowest BCUT2D eigenvalue weighted by atomic mass is 9.67. The minimum Gasteiger partial charge on any atom is -0.456 e. The molecule has 11 aromatic rings. The molecule has 0 spiro atoms. The highest BCUT2D eigenvalue weighted by Gasteiger charge is 2.46. The summed E-state index contributed by atoms with van der Waals surface area (Å²) < 4.78 is 6.79. The summed E-state index contributed by atoms with van der Waals surface area (Å²) in [5.74, 6) is -0.111. The van der Waals surface area contributed by atoms with Crippen molar-refractivity contribution in [2.45, 2.75) is 11.3 Å². The summed E-state index contributed by atoms with van der Waals surface area (Å²) in [5, 5.41) is 2.27. The van der Waals surface area contributed by atoms with Crippen LogP contribution in [-0.2, 0) is 5.41 Å². The Hall–Kier alpha value is -8.00. The Labute approximate surface area is 368 Å². The van der Waals surface area contributed by atoms with Gasteiger partial charge < -0.3 is 4.42 Å². The molecule has 0 N–H and O–H groups in total. The largest absolute Gasteiger partial charge is 0.456 e. The number of rotatable bonds is 8. The molecule has 1 aliphatic carbocycles. The fraction of sp³-hybridized carbons (Fsp3) is 0.0323. The Bertz CT molecular complexity index is 3440. The first kappa shape index (κ1) is 36.8. The molecule has 0 radical (unpaired) electrons.